The van der Waals surface area contributed by atoms with Crippen molar-refractivity contribution in [2.75, 3.05) is 27.2 Å². The molecule has 8 heteroatoms. The smallest absolute Gasteiger partial charge is 0.263 e. The summed E-state index contributed by atoms with van der Waals surface area (Å²) >= 11 is 1.47. The fraction of sp³-hybridized carbons (Fsp3) is 0.474. The predicted molar refractivity (Wildman–Crippen MR) is 106 cm³/mol. The molecule has 142 valence electrons. The van der Waals surface area contributed by atoms with E-state index in [9.17, 15) is 4.79 Å². The van der Waals surface area contributed by atoms with Crippen molar-refractivity contribution >= 4 is 27.6 Å². The Kier molecular flexibility index (Phi) is 4.92. The fourth-order valence-corrected chi connectivity index (χ4v) is 4.95. The molecule has 4 rings (SSSR count). The molecule has 7 nitrogen and oxygen atoms in total. The summed E-state index contributed by atoms with van der Waals surface area (Å²) in [4.78, 5) is 31.9. The number of hydrogen-bond donors (Lipinski definition) is 0. The molecular formula is C19H24N6OS. The van der Waals surface area contributed by atoms with Crippen LogP contribution in [-0.4, -0.2) is 62.4 Å². The summed E-state index contributed by atoms with van der Waals surface area (Å²) in [6.07, 6.45) is 9.37. The quantitative estimate of drug-likeness (QED) is 0.691. The average molecular weight is 385 g/mol. The fourth-order valence-electron chi connectivity index (χ4n) is 3.74. The summed E-state index contributed by atoms with van der Waals surface area (Å²) in [5.41, 5.74) is 3.10. The van der Waals surface area contributed by atoms with Crippen LogP contribution in [0.3, 0.4) is 0 Å². The lowest BCUT2D eigenvalue weighted by Crippen LogP contribution is -2.33. The van der Waals surface area contributed by atoms with E-state index in [0.29, 0.717) is 5.92 Å². The number of imidazole rings is 1. The van der Waals surface area contributed by atoms with Crippen LogP contribution in [0.4, 0.5) is 0 Å². The van der Waals surface area contributed by atoms with Crippen molar-refractivity contribution in [3.8, 4) is 0 Å². The number of aryl methyl sites for hydroxylation is 1. The highest BCUT2D eigenvalue weighted by Crippen LogP contribution is 2.39. The maximum absolute atomic E-state index is 12.7. The molecule has 1 fully saturated rings. The first-order valence-corrected chi connectivity index (χ1v) is 9.99. The van der Waals surface area contributed by atoms with Gasteiger partial charge in [0.2, 0.25) is 0 Å². The molecule has 27 heavy (non-hydrogen) atoms. The number of carbonyl (C=O) groups excluding carboxylic acids is 1. The van der Waals surface area contributed by atoms with Crippen LogP contribution in [0.2, 0.25) is 0 Å². The molecular weight excluding hydrogens is 360 g/mol. The van der Waals surface area contributed by atoms with Crippen molar-refractivity contribution < 1.29 is 4.79 Å². The van der Waals surface area contributed by atoms with Gasteiger partial charge in [0.05, 0.1) is 16.9 Å². The Bertz CT molecular complexity index is 954. The lowest BCUT2D eigenvalue weighted by Gasteiger charge is -2.31. The second kappa shape index (κ2) is 7.36. The Morgan fingerprint density at radius 1 is 1.22 bits per heavy atom. The zero-order valence-electron chi connectivity index (χ0n) is 15.9. The van der Waals surface area contributed by atoms with E-state index in [1.807, 2.05) is 17.9 Å². The summed E-state index contributed by atoms with van der Waals surface area (Å²) in [5, 5.41) is 0. The molecule has 4 heterocycles. The largest absolute Gasteiger partial charge is 0.344 e. The van der Waals surface area contributed by atoms with Crippen LogP contribution in [-0.2, 0) is 13.6 Å². The molecule has 0 unspecified atom stereocenters. The highest BCUT2D eigenvalue weighted by Gasteiger charge is 2.30. The van der Waals surface area contributed by atoms with Gasteiger partial charge in [-0.25, -0.2) is 9.97 Å². The Balaban J connectivity index is 1.56. The van der Waals surface area contributed by atoms with Crippen LogP contribution in [0, 0.1) is 0 Å². The van der Waals surface area contributed by atoms with Crippen molar-refractivity contribution in [2.45, 2.75) is 25.3 Å². The Morgan fingerprint density at radius 3 is 2.63 bits per heavy atom. The van der Waals surface area contributed by atoms with Crippen molar-refractivity contribution in [1.29, 1.82) is 0 Å². The molecule has 0 N–H and O–H groups in total. The number of fused-ring (bicyclic) bond motifs is 1. The molecule has 0 spiro atoms. The molecule has 1 aliphatic heterocycles. The van der Waals surface area contributed by atoms with Crippen LogP contribution >= 0.6 is 11.3 Å². The molecule has 0 aliphatic carbocycles. The first kappa shape index (κ1) is 18.1. The third kappa shape index (κ3) is 3.59. The van der Waals surface area contributed by atoms with Gasteiger partial charge in [-0.15, -0.1) is 11.3 Å². The zero-order chi connectivity index (χ0) is 19.0. The summed E-state index contributed by atoms with van der Waals surface area (Å²) in [6.45, 7) is 2.87. The molecule has 1 aliphatic rings. The molecule has 3 aromatic heterocycles. The minimum Gasteiger partial charge on any atom is -0.344 e. The van der Waals surface area contributed by atoms with Crippen molar-refractivity contribution in [2.24, 2.45) is 7.05 Å². The first-order valence-electron chi connectivity index (χ1n) is 9.17. The molecule has 3 aromatic rings. The van der Waals surface area contributed by atoms with Gasteiger partial charge in [-0.1, -0.05) is 0 Å². The number of hydrogen-bond acceptors (Lipinski definition) is 6. The van der Waals surface area contributed by atoms with Gasteiger partial charge in [0.25, 0.3) is 5.91 Å². The highest BCUT2D eigenvalue weighted by atomic mass is 32.1. The standard InChI is InChI=1S/C19H24N6OS/c1-23(2)19(26)17-15(16-18(27-17)21-7-6-20-16)13-4-8-25(9-5-13)11-14-10-24(3)12-22-14/h6-7,10,12-13H,4-5,8-9,11H2,1-3H3. The van der Waals surface area contributed by atoms with Gasteiger partial charge in [0.1, 0.15) is 10.3 Å². The Morgan fingerprint density at radius 2 is 1.96 bits per heavy atom. The summed E-state index contributed by atoms with van der Waals surface area (Å²) in [7, 11) is 5.59. The molecule has 1 amide bonds. The number of thiophene rings is 1. The van der Waals surface area contributed by atoms with E-state index in [4.69, 9.17) is 0 Å². The normalized spacial score (nSPS) is 16.1. The van der Waals surface area contributed by atoms with E-state index >= 15 is 0 Å². The van der Waals surface area contributed by atoms with Gasteiger partial charge in [0, 0.05) is 51.8 Å². The zero-order valence-corrected chi connectivity index (χ0v) is 16.7. The van der Waals surface area contributed by atoms with Crippen molar-refractivity contribution in [3.63, 3.8) is 0 Å². The molecule has 1 saturated heterocycles. The lowest BCUT2D eigenvalue weighted by atomic mass is 9.88. The minimum absolute atomic E-state index is 0.0470. The molecule has 0 aromatic carbocycles. The van der Waals surface area contributed by atoms with E-state index in [-0.39, 0.29) is 5.91 Å². The van der Waals surface area contributed by atoms with Gasteiger partial charge in [-0.2, -0.15) is 0 Å². The number of likely N-dealkylation sites (tertiary alicyclic amines) is 1. The van der Waals surface area contributed by atoms with E-state index < -0.39 is 0 Å². The number of aromatic nitrogens is 4. The SMILES string of the molecule is CN(C)C(=O)c1sc2nccnc2c1C1CCN(Cc2cn(C)cn2)CC1. The van der Waals surface area contributed by atoms with Crippen LogP contribution in [0.5, 0.6) is 0 Å². The van der Waals surface area contributed by atoms with E-state index in [1.165, 1.54) is 11.3 Å². The molecule has 0 atom stereocenters. The van der Waals surface area contributed by atoms with Crippen molar-refractivity contribution in [3.05, 3.63) is 41.1 Å². The van der Waals surface area contributed by atoms with E-state index in [1.54, 1.807) is 31.4 Å². The number of nitrogens with zero attached hydrogens (tertiary/aromatic N) is 6. The Labute approximate surface area is 162 Å². The van der Waals surface area contributed by atoms with Crippen LogP contribution in [0.25, 0.3) is 10.3 Å². The average Bonchev–Trinajstić information content (AvgIpc) is 3.25. The third-order valence-corrected chi connectivity index (χ3v) is 6.19. The van der Waals surface area contributed by atoms with Gasteiger partial charge in [0.15, 0.2) is 0 Å². The van der Waals surface area contributed by atoms with Crippen molar-refractivity contribution in [1.82, 2.24) is 29.3 Å². The maximum atomic E-state index is 12.7. The summed E-state index contributed by atoms with van der Waals surface area (Å²) in [6, 6.07) is 0. The molecule has 0 bridgehead atoms. The van der Waals surface area contributed by atoms with E-state index in [2.05, 4.69) is 26.0 Å². The number of carbonyl (C=O) groups is 1. The lowest BCUT2D eigenvalue weighted by molar-refractivity contribution is 0.0830. The molecule has 0 radical (unpaired) electrons. The minimum atomic E-state index is 0.0470. The van der Waals surface area contributed by atoms with Crippen LogP contribution in [0.15, 0.2) is 24.9 Å². The Hall–Kier alpha value is -2.32. The topological polar surface area (TPSA) is 67.2 Å². The van der Waals surface area contributed by atoms with Gasteiger partial charge in [-0.05, 0) is 31.8 Å². The van der Waals surface area contributed by atoms with Crippen LogP contribution in [0.1, 0.15) is 39.7 Å². The number of piperidine rings is 1. The second-order valence-corrected chi connectivity index (χ2v) is 8.33. The van der Waals surface area contributed by atoms with Gasteiger partial charge >= 0.3 is 0 Å². The first-order chi connectivity index (χ1) is 13.0. The van der Waals surface area contributed by atoms with Crippen LogP contribution < -0.4 is 0 Å². The number of rotatable bonds is 4. The highest BCUT2D eigenvalue weighted by molar-refractivity contribution is 7.20. The molecule has 0 saturated carbocycles. The second-order valence-electron chi connectivity index (χ2n) is 7.34. The summed E-state index contributed by atoms with van der Waals surface area (Å²) in [5.74, 6) is 0.389. The summed E-state index contributed by atoms with van der Waals surface area (Å²) < 4.78 is 1.98. The monoisotopic (exact) mass is 384 g/mol. The van der Waals surface area contributed by atoms with E-state index in [0.717, 1.165) is 59.0 Å². The third-order valence-electron chi connectivity index (χ3n) is 5.10. The number of amides is 1. The maximum Gasteiger partial charge on any atom is 0.263 e. The van der Waals surface area contributed by atoms with Gasteiger partial charge < -0.3 is 9.47 Å². The van der Waals surface area contributed by atoms with Gasteiger partial charge in [-0.3, -0.25) is 14.7 Å². The predicted octanol–water partition coefficient (Wildman–Crippen LogP) is 2.51.